The zero-order chi connectivity index (χ0) is 20.8. The second-order valence-electron chi connectivity index (χ2n) is 7.46. The molecule has 0 spiro atoms. The van der Waals surface area contributed by atoms with Crippen LogP contribution in [0.1, 0.15) is 55.3 Å². The minimum atomic E-state index is -0.686. The molecule has 1 aliphatic rings. The molecule has 1 aliphatic carbocycles. The Kier molecular flexibility index (Phi) is 7.25. The van der Waals surface area contributed by atoms with E-state index in [-0.39, 0.29) is 24.2 Å². The molecule has 0 aromatic heterocycles. The van der Waals surface area contributed by atoms with E-state index in [1.807, 2.05) is 24.3 Å². The van der Waals surface area contributed by atoms with Gasteiger partial charge in [0.25, 0.3) is 0 Å². The van der Waals surface area contributed by atoms with Crippen molar-refractivity contribution in [2.24, 2.45) is 11.7 Å². The lowest BCUT2D eigenvalue weighted by atomic mass is 9.91. The lowest BCUT2D eigenvalue weighted by Crippen LogP contribution is -2.38. The van der Waals surface area contributed by atoms with Crippen LogP contribution < -0.4 is 16.4 Å². The van der Waals surface area contributed by atoms with E-state index in [2.05, 4.69) is 26.6 Å². The number of benzene rings is 2. The summed E-state index contributed by atoms with van der Waals surface area (Å²) < 4.78 is 14.2. The molecular formula is C22H25BrFN3O2. The van der Waals surface area contributed by atoms with Crippen molar-refractivity contribution in [3.05, 3.63) is 69.9 Å². The van der Waals surface area contributed by atoms with Gasteiger partial charge < -0.3 is 16.4 Å². The maximum atomic E-state index is 13.4. The molecule has 0 saturated heterocycles. The summed E-state index contributed by atoms with van der Waals surface area (Å²) in [6.45, 7) is 0. The summed E-state index contributed by atoms with van der Waals surface area (Å²) in [5.41, 5.74) is 7.00. The number of carbonyl (C=O) groups is 2. The second kappa shape index (κ2) is 9.87. The Balaban J connectivity index is 1.76. The van der Waals surface area contributed by atoms with Crippen LogP contribution >= 0.6 is 15.9 Å². The van der Waals surface area contributed by atoms with E-state index in [9.17, 15) is 14.0 Å². The highest BCUT2D eigenvalue weighted by atomic mass is 79.9. The van der Waals surface area contributed by atoms with Crippen LogP contribution in [0.3, 0.4) is 0 Å². The molecule has 2 aromatic rings. The monoisotopic (exact) mass is 461 g/mol. The number of urea groups is 1. The Hall–Kier alpha value is -2.41. The van der Waals surface area contributed by atoms with Crippen LogP contribution in [0.5, 0.6) is 0 Å². The minimum absolute atomic E-state index is 0.0593. The third-order valence-corrected chi connectivity index (χ3v) is 5.87. The van der Waals surface area contributed by atoms with E-state index in [0.29, 0.717) is 5.92 Å². The largest absolute Gasteiger partial charge is 0.352 e. The molecule has 0 aliphatic heterocycles. The Labute approximate surface area is 178 Å². The van der Waals surface area contributed by atoms with Crippen molar-refractivity contribution in [2.45, 2.75) is 44.2 Å². The quantitative estimate of drug-likeness (QED) is 0.556. The van der Waals surface area contributed by atoms with Crippen molar-refractivity contribution in [2.75, 3.05) is 0 Å². The number of amides is 3. The van der Waals surface area contributed by atoms with Crippen LogP contribution in [0.2, 0.25) is 0 Å². The Morgan fingerprint density at radius 1 is 1.07 bits per heavy atom. The van der Waals surface area contributed by atoms with Crippen molar-refractivity contribution in [1.29, 1.82) is 0 Å². The first kappa shape index (κ1) is 21.3. The lowest BCUT2D eigenvalue weighted by Gasteiger charge is -2.27. The van der Waals surface area contributed by atoms with Gasteiger partial charge in [-0.3, -0.25) is 4.79 Å². The molecule has 7 heteroatoms. The van der Waals surface area contributed by atoms with Gasteiger partial charge in [0.05, 0.1) is 18.5 Å². The molecule has 154 valence electrons. The first-order valence-electron chi connectivity index (χ1n) is 9.78. The van der Waals surface area contributed by atoms with E-state index in [1.54, 1.807) is 12.1 Å². The zero-order valence-corrected chi connectivity index (χ0v) is 17.6. The number of nitrogens with two attached hydrogens (primary N) is 1. The number of hydrogen-bond donors (Lipinski definition) is 3. The van der Waals surface area contributed by atoms with Crippen LogP contribution in [0.15, 0.2) is 53.0 Å². The Bertz CT molecular complexity index is 853. The molecule has 29 heavy (non-hydrogen) atoms. The number of halogens is 2. The molecule has 0 radical (unpaired) electrons. The number of hydrogen-bond acceptors (Lipinski definition) is 2. The molecule has 3 rings (SSSR count). The van der Waals surface area contributed by atoms with Gasteiger partial charge >= 0.3 is 6.03 Å². The van der Waals surface area contributed by atoms with Crippen molar-refractivity contribution in [3.63, 3.8) is 0 Å². The molecule has 0 unspecified atom stereocenters. The second-order valence-corrected chi connectivity index (χ2v) is 8.38. The Morgan fingerprint density at radius 2 is 1.76 bits per heavy atom. The molecule has 1 saturated carbocycles. The van der Waals surface area contributed by atoms with Crippen LogP contribution in [-0.4, -0.2) is 11.9 Å². The summed E-state index contributed by atoms with van der Waals surface area (Å²) in [5, 5.41) is 5.77. The first-order valence-corrected chi connectivity index (χ1v) is 10.6. The SMILES string of the molecule is NC(=O)N[C@H](CC(=O)N[C@H](c1ccc(F)cc1)C1CCCC1)c1cccc(Br)c1. The topological polar surface area (TPSA) is 84.2 Å². The summed E-state index contributed by atoms with van der Waals surface area (Å²) in [4.78, 5) is 24.4. The van der Waals surface area contributed by atoms with Gasteiger partial charge in [0.1, 0.15) is 5.82 Å². The summed E-state index contributed by atoms with van der Waals surface area (Å²) in [6.07, 6.45) is 4.36. The average molecular weight is 462 g/mol. The third kappa shape index (κ3) is 6.03. The fraction of sp³-hybridized carbons (Fsp3) is 0.364. The molecular weight excluding hydrogens is 437 g/mol. The molecule has 2 aromatic carbocycles. The van der Waals surface area contributed by atoms with Gasteiger partial charge in [-0.05, 0) is 54.2 Å². The summed E-state index contributed by atoms with van der Waals surface area (Å²) in [7, 11) is 0. The van der Waals surface area contributed by atoms with E-state index >= 15 is 0 Å². The van der Waals surface area contributed by atoms with E-state index in [0.717, 1.165) is 41.3 Å². The van der Waals surface area contributed by atoms with Crippen LogP contribution in [0.4, 0.5) is 9.18 Å². The number of carbonyl (C=O) groups excluding carboxylic acids is 2. The standard InChI is InChI=1S/C22H25BrFN3O2/c23-17-7-3-6-16(12-17)19(26-22(25)29)13-20(28)27-21(14-4-1-2-5-14)15-8-10-18(24)11-9-15/h3,6-12,14,19,21H,1-2,4-5,13H2,(H,27,28)(H3,25,26,29)/t19-,21+/m1/s1. The zero-order valence-electron chi connectivity index (χ0n) is 16.0. The van der Waals surface area contributed by atoms with E-state index in [4.69, 9.17) is 5.73 Å². The fourth-order valence-corrected chi connectivity index (χ4v) is 4.42. The van der Waals surface area contributed by atoms with Gasteiger partial charge in [-0.25, -0.2) is 9.18 Å². The fourth-order valence-electron chi connectivity index (χ4n) is 4.00. The van der Waals surface area contributed by atoms with Crippen molar-refractivity contribution < 1.29 is 14.0 Å². The maximum absolute atomic E-state index is 13.4. The number of primary amides is 1. The molecule has 3 amide bonds. The predicted molar refractivity (Wildman–Crippen MR) is 113 cm³/mol. The number of nitrogens with one attached hydrogen (secondary N) is 2. The average Bonchev–Trinajstić information content (AvgIpc) is 3.20. The van der Waals surface area contributed by atoms with Crippen molar-refractivity contribution >= 4 is 27.9 Å². The van der Waals surface area contributed by atoms with Gasteiger partial charge in [0.15, 0.2) is 0 Å². The predicted octanol–water partition coefficient (Wildman–Crippen LogP) is 4.74. The third-order valence-electron chi connectivity index (χ3n) is 5.37. The molecule has 5 nitrogen and oxygen atoms in total. The minimum Gasteiger partial charge on any atom is -0.352 e. The lowest BCUT2D eigenvalue weighted by molar-refractivity contribution is -0.122. The van der Waals surface area contributed by atoms with Gasteiger partial charge in [-0.15, -0.1) is 0 Å². The van der Waals surface area contributed by atoms with E-state index < -0.39 is 12.1 Å². The van der Waals surface area contributed by atoms with Gasteiger partial charge in [0.2, 0.25) is 5.91 Å². The summed E-state index contributed by atoms with van der Waals surface area (Å²) >= 11 is 3.41. The smallest absolute Gasteiger partial charge is 0.312 e. The maximum Gasteiger partial charge on any atom is 0.312 e. The van der Waals surface area contributed by atoms with Crippen LogP contribution in [0, 0.1) is 11.7 Å². The first-order chi connectivity index (χ1) is 13.9. The van der Waals surface area contributed by atoms with Gasteiger partial charge in [-0.2, -0.15) is 0 Å². The van der Waals surface area contributed by atoms with Crippen LogP contribution in [-0.2, 0) is 4.79 Å². The van der Waals surface area contributed by atoms with Gasteiger partial charge in [-0.1, -0.05) is 53.0 Å². The van der Waals surface area contributed by atoms with Gasteiger partial charge in [0, 0.05) is 4.47 Å². The molecule has 4 N–H and O–H groups in total. The number of rotatable bonds is 7. The molecule has 2 atom stereocenters. The Morgan fingerprint density at radius 3 is 2.38 bits per heavy atom. The highest BCUT2D eigenvalue weighted by molar-refractivity contribution is 9.10. The molecule has 0 bridgehead atoms. The highest BCUT2D eigenvalue weighted by Crippen LogP contribution is 2.36. The van der Waals surface area contributed by atoms with Crippen molar-refractivity contribution in [1.82, 2.24) is 10.6 Å². The summed E-state index contributed by atoms with van der Waals surface area (Å²) in [6, 6.07) is 12.3. The summed E-state index contributed by atoms with van der Waals surface area (Å²) in [5.74, 6) is -0.173. The normalized spacial score (nSPS) is 16.2. The highest BCUT2D eigenvalue weighted by Gasteiger charge is 2.29. The molecule has 1 fully saturated rings. The van der Waals surface area contributed by atoms with Crippen LogP contribution in [0.25, 0.3) is 0 Å². The molecule has 0 heterocycles. The van der Waals surface area contributed by atoms with Crippen molar-refractivity contribution in [3.8, 4) is 0 Å². The van der Waals surface area contributed by atoms with E-state index in [1.165, 1.54) is 12.1 Å².